The molecule has 0 saturated carbocycles. The third-order valence-corrected chi connectivity index (χ3v) is 11.9. The van der Waals surface area contributed by atoms with Gasteiger partial charge in [0.2, 0.25) is 5.75 Å². The summed E-state index contributed by atoms with van der Waals surface area (Å²) < 4.78 is 58.2. The van der Waals surface area contributed by atoms with Crippen molar-refractivity contribution in [3.63, 3.8) is 0 Å². The van der Waals surface area contributed by atoms with Crippen molar-refractivity contribution in [1.29, 1.82) is 0 Å². The molecule has 1 aliphatic heterocycles. The molecule has 0 bridgehead atoms. The molecule has 0 fully saturated rings. The lowest BCUT2D eigenvalue weighted by atomic mass is 10.1. The summed E-state index contributed by atoms with van der Waals surface area (Å²) in [4.78, 5) is 24.6. The summed E-state index contributed by atoms with van der Waals surface area (Å²) in [5.41, 5.74) is 1.33. The van der Waals surface area contributed by atoms with E-state index in [1.165, 1.54) is 36.4 Å². The first kappa shape index (κ1) is 31.9. The van der Waals surface area contributed by atoms with Crippen molar-refractivity contribution in [1.82, 2.24) is 0 Å². The number of halogens is 2. The molecule has 0 saturated heterocycles. The summed E-state index contributed by atoms with van der Waals surface area (Å²) in [7, 11) is -8.12. The van der Waals surface area contributed by atoms with Crippen molar-refractivity contribution < 1.29 is 30.7 Å². The molecule has 44 heavy (non-hydrogen) atoms. The Hall–Kier alpha value is -3.50. The van der Waals surface area contributed by atoms with Gasteiger partial charge in [-0.3, -0.25) is 14.9 Å². The molecule has 4 aromatic rings. The number of hydrogen-bond acceptors (Lipinski definition) is 9. The summed E-state index contributed by atoms with van der Waals surface area (Å²) in [6.45, 7) is 1.78. The molecule has 0 unspecified atom stereocenters. The Morgan fingerprint density at radius 2 is 1.59 bits per heavy atom. The maximum Gasteiger partial charge on any atom is 0.339 e. The second-order valence-electron chi connectivity index (χ2n) is 9.52. The number of carbonyl (C=O) groups is 1. The Bertz CT molecular complexity index is 2060. The maximum absolute atomic E-state index is 13.2. The van der Waals surface area contributed by atoms with Gasteiger partial charge in [0.15, 0.2) is 9.84 Å². The number of nitro benzene ring substituents is 1. The number of rotatable bonds is 8. The van der Waals surface area contributed by atoms with Gasteiger partial charge in [0.1, 0.15) is 4.90 Å². The van der Waals surface area contributed by atoms with Gasteiger partial charge in [-0.1, -0.05) is 73.5 Å². The number of amides is 1. The van der Waals surface area contributed by atoms with Gasteiger partial charge in [-0.15, -0.1) is 0 Å². The molecule has 1 aliphatic rings. The molecule has 5 rings (SSSR count). The SMILES string of the molecule is Cc1ccc(S(=O)(=O)Oc2ccc(/C=C3\Sc4ccc(S(=O)(=O)Cc5c(Br)cccc5Br)cc4NC3=O)cc2[N+](=O)[O-])cc1. The highest BCUT2D eigenvalue weighted by molar-refractivity contribution is 9.11. The molecule has 1 N–H and O–H groups in total. The Labute approximate surface area is 274 Å². The number of nitro groups is 1. The average molecular weight is 780 g/mol. The molecule has 0 radical (unpaired) electrons. The van der Waals surface area contributed by atoms with Crippen LogP contribution >= 0.6 is 43.6 Å². The number of hydrogen-bond donors (Lipinski definition) is 1. The Balaban J connectivity index is 1.39. The number of nitrogens with one attached hydrogen (secondary N) is 1. The van der Waals surface area contributed by atoms with E-state index in [4.69, 9.17) is 4.18 Å². The van der Waals surface area contributed by atoms with E-state index < -0.39 is 42.2 Å². The second-order valence-corrected chi connectivity index (χ2v) is 15.8. The first-order valence-electron chi connectivity index (χ1n) is 12.5. The van der Waals surface area contributed by atoms with Gasteiger partial charge in [0.05, 0.1) is 26.2 Å². The van der Waals surface area contributed by atoms with E-state index in [0.29, 0.717) is 25.1 Å². The van der Waals surface area contributed by atoms with Crippen LogP contribution in [0, 0.1) is 17.0 Å². The van der Waals surface area contributed by atoms with E-state index >= 15 is 0 Å². The van der Waals surface area contributed by atoms with Crippen LogP contribution in [0.25, 0.3) is 6.08 Å². The molecule has 4 aromatic carbocycles. The van der Waals surface area contributed by atoms with Gasteiger partial charge in [0, 0.05) is 19.9 Å². The molecular weight excluding hydrogens is 760 g/mol. The normalized spacial score (nSPS) is 14.2. The molecule has 0 aliphatic carbocycles. The molecule has 226 valence electrons. The average Bonchev–Trinajstić information content (AvgIpc) is 2.96. The third kappa shape index (κ3) is 6.91. The van der Waals surface area contributed by atoms with Gasteiger partial charge in [-0.2, -0.15) is 8.42 Å². The van der Waals surface area contributed by atoms with Crippen LogP contribution in [-0.4, -0.2) is 27.7 Å². The molecule has 10 nitrogen and oxygen atoms in total. The predicted octanol–water partition coefficient (Wildman–Crippen LogP) is 7.26. The number of nitrogens with zero attached hydrogens (tertiary/aromatic N) is 1. The Morgan fingerprint density at radius 3 is 2.25 bits per heavy atom. The van der Waals surface area contributed by atoms with Gasteiger partial charge in [0.25, 0.3) is 5.91 Å². The zero-order valence-electron chi connectivity index (χ0n) is 22.5. The summed E-state index contributed by atoms with van der Waals surface area (Å²) in [5, 5.41) is 14.5. The summed E-state index contributed by atoms with van der Waals surface area (Å²) in [6.07, 6.45) is 1.41. The van der Waals surface area contributed by atoms with Crippen LogP contribution in [0.15, 0.2) is 107 Å². The largest absolute Gasteiger partial charge is 0.372 e. The minimum absolute atomic E-state index is 0.0269. The maximum atomic E-state index is 13.2. The topological polar surface area (TPSA) is 150 Å². The highest BCUT2D eigenvalue weighted by atomic mass is 79.9. The van der Waals surface area contributed by atoms with Crippen LogP contribution < -0.4 is 9.50 Å². The van der Waals surface area contributed by atoms with Crippen LogP contribution in [0.2, 0.25) is 0 Å². The fourth-order valence-electron chi connectivity index (χ4n) is 4.14. The number of aryl methyl sites for hydroxylation is 1. The minimum Gasteiger partial charge on any atom is -0.372 e. The predicted molar refractivity (Wildman–Crippen MR) is 174 cm³/mol. The Kier molecular flexibility index (Phi) is 9.05. The summed E-state index contributed by atoms with van der Waals surface area (Å²) in [5.74, 6) is -1.30. The molecule has 0 aromatic heterocycles. The van der Waals surface area contributed by atoms with Crippen molar-refractivity contribution in [2.24, 2.45) is 0 Å². The minimum atomic E-state index is -4.34. The fourth-order valence-corrected chi connectivity index (χ4v) is 9.09. The molecule has 15 heteroatoms. The number of benzene rings is 4. The van der Waals surface area contributed by atoms with E-state index in [0.717, 1.165) is 29.5 Å². The summed E-state index contributed by atoms with van der Waals surface area (Å²) in [6, 6.07) is 19.2. The number of fused-ring (bicyclic) bond motifs is 1. The van der Waals surface area contributed by atoms with Gasteiger partial charge in [-0.05, 0) is 72.7 Å². The van der Waals surface area contributed by atoms with Crippen molar-refractivity contribution in [3.05, 3.63) is 120 Å². The van der Waals surface area contributed by atoms with Crippen LogP contribution in [0.1, 0.15) is 16.7 Å². The third-order valence-electron chi connectivity index (χ3n) is 6.38. The Morgan fingerprint density at radius 1 is 0.932 bits per heavy atom. The zero-order valence-corrected chi connectivity index (χ0v) is 28.1. The van der Waals surface area contributed by atoms with Crippen molar-refractivity contribution in [2.45, 2.75) is 27.4 Å². The van der Waals surface area contributed by atoms with E-state index in [9.17, 15) is 31.7 Å². The highest BCUT2D eigenvalue weighted by Gasteiger charge is 2.27. The number of sulfone groups is 1. The number of carbonyl (C=O) groups excluding carboxylic acids is 1. The number of anilines is 1. The van der Waals surface area contributed by atoms with Crippen LogP contribution in [0.4, 0.5) is 11.4 Å². The first-order chi connectivity index (χ1) is 20.7. The van der Waals surface area contributed by atoms with E-state index in [1.54, 1.807) is 43.3 Å². The molecule has 1 heterocycles. The lowest BCUT2D eigenvalue weighted by Crippen LogP contribution is -2.18. The van der Waals surface area contributed by atoms with E-state index in [2.05, 4.69) is 37.2 Å². The lowest BCUT2D eigenvalue weighted by Gasteiger charge is -2.20. The molecule has 1 amide bonds. The van der Waals surface area contributed by atoms with Crippen molar-refractivity contribution in [2.75, 3.05) is 5.32 Å². The van der Waals surface area contributed by atoms with Crippen molar-refractivity contribution >= 4 is 86.9 Å². The van der Waals surface area contributed by atoms with Crippen molar-refractivity contribution in [3.8, 4) is 5.75 Å². The smallest absolute Gasteiger partial charge is 0.339 e. The second kappa shape index (κ2) is 12.5. The highest BCUT2D eigenvalue weighted by Crippen LogP contribution is 2.41. The molecular formula is C29H20Br2N2O8S3. The quantitative estimate of drug-likeness (QED) is 0.0844. The fraction of sp³-hybridized carbons (Fsp3) is 0.0690. The van der Waals surface area contributed by atoms with Crippen LogP contribution in [-0.2, 0) is 30.5 Å². The van der Waals surface area contributed by atoms with Crippen LogP contribution in [0.3, 0.4) is 0 Å². The van der Waals surface area contributed by atoms with E-state index in [1.807, 2.05) is 0 Å². The molecule has 0 atom stereocenters. The van der Waals surface area contributed by atoms with Gasteiger partial charge < -0.3 is 9.50 Å². The standard InChI is InChI=1S/C29H20Br2N2O8S3/c1-17-5-8-19(9-6-17)44(39,40)41-26-11-7-18(13-25(26)33(35)36)14-28-29(34)32-24-15-20(10-12-27(24)42-28)43(37,38)16-21-22(30)3-2-4-23(21)31/h2-15H,16H2,1H3,(H,32,34)/b28-14-. The van der Waals surface area contributed by atoms with Gasteiger partial charge >= 0.3 is 15.8 Å². The van der Waals surface area contributed by atoms with Gasteiger partial charge in [-0.25, -0.2) is 8.42 Å². The lowest BCUT2D eigenvalue weighted by molar-refractivity contribution is -0.385. The first-order valence-corrected chi connectivity index (χ1v) is 18.0. The monoisotopic (exact) mass is 778 g/mol. The van der Waals surface area contributed by atoms with Crippen LogP contribution in [0.5, 0.6) is 5.75 Å². The zero-order chi connectivity index (χ0) is 31.8. The number of thioether (sulfide) groups is 1. The summed E-state index contributed by atoms with van der Waals surface area (Å²) >= 11 is 7.82. The van der Waals surface area contributed by atoms with E-state index in [-0.39, 0.29) is 26.0 Å². The molecule has 0 spiro atoms.